The van der Waals surface area contributed by atoms with Gasteiger partial charge in [-0.15, -0.1) is 0 Å². The van der Waals surface area contributed by atoms with Crippen LogP contribution in [0.25, 0.3) is 0 Å². The highest BCUT2D eigenvalue weighted by molar-refractivity contribution is 5.79. The van der Waals surface area contributed by atoms with Crippen LogP contribution in [0.5, 0.6) is 0 Å². The van der Waals surface area contributed by atoms with E-state index in [1.807, 2.05) is 23.6 Å². The summed E-state index contributed by atoms with van der Waals surface area (Å²) in [4.78, 5) is 126. The minimum atomic E-state index is -0.538. The molecule has 876 valence electrons. The minimum Gasteiger partial charge on any atom is -0.393 e. The summed E-state index contributed by atoms with van der Waals surface area (Å²) >= 11 is 0. The number of Topliss-reactive ketones (excluding diaryl/α,β-unsaturated/α-hetero) is 2. The van der Waals surface area contributed by atoms with Gasteiger partial charge in [0.1, 0.15) is 11.6 Å². The number of nitrogens with zero attached hydrogens (tertiary/aromatic N) is 4. The number of hydrogen-bond donors (Lipinski definition) is 12. The van der Waals surface area contributed by atoms with Crippen molar-refractivity contribution >= 4 is 59.6 Å². The van der Waals surface area contributed by atoms with Crippen LogP contribution in [-0.2, 0) is 28.8 Å². The summed E-state index contributed by atoms with van der Waals surface area (Å²) in [7, 11) is 8.80. The van der Waals surface area contributed by atoms with E-state index in [0.717, 1.165) is 255 Å². The van der Waals surface area contributed by atoms with Gasteiger partial charge in [-0.1, -0.05) is 248 Å². The number of ether oxygens (including phenoxy) is 1. The molecular weight excluding hydrogens is 1880 g/mol. The van der Waals surface area contributed by atoms with E-state index in [2.05, 4.69) is 214 Å². The van der Waals surface area contributed by atoms with Crippen molar-refractivity contribution in [3.8, 4) is 0 Å². The van der Waals surface area contributed by atoms with Crippen LogP contribution in [0, 0.1) is 130 Å². The molecule has 28 heteroatoms. The molecule has 0 spiro atoms. The van der Waals surface area contributed by atoms with E-state index in [-0.39, 0.29) is 54.4 Å². The highest BCUT2D eigenvalue weighted by Crippen LogP contribution is 2.41. The SMILES string of the molecule is CC(=O)CC1CCC(C(C)C)C1.CC(=O)NC1CCCC(C(C)C)C1.CC(C)C1CCCC(NC(=O)N(C)C)C1.CC(C)C1CCCC(NC(=O)N2CCN(C)CC2)C1.CC(C)C1CCCC(NC(=O)N2CCOCC2)C1.CC(O)CC(=O)NC1CCCC(C(C)C)C1.CCC(=O)CC1CCC(C(C)C)C1.CCNC(=O)NC1CCCC(C(C)C)C1.CNC(=O)NC1CCCC(C(C)C)C1.CONC(=O)NC1CCCC(C(C)C)C1. The lowest BCUT2D eigenvalue weighted by Crippen LogP contribution is -2.53. The summed E-state index contributed by atoms with van der Waals surface area (Å²) in [5.41, 5.74) is 2.29. The van der Waals surface area contributed by atoms with E-state index in [0.29, 0.717) is 103 Å². The first-order valence-corrected chi connectivity index (χ1v) is 61.2. The second-order valence-electron chi connectivity index (χ2n) is 51.3. The van der Waals surface area contributed by atoms with Gasteiger partial charge in [-0.3, -0.25) is 19.2 Å². The van der Waals surface area contributed by atoms with Gasteiger partial charge in [0.25, 0.3) is 0 Å². The molecular formula is C122H235N15O13. The average molecular weight is 2120 g/mol. The number of aliphatic hydroxyl groups excluding tert-OH is 1. The van der Waals surface area contributed by atoms with E-state index in [4.69, 9.17) is 9.84 Å². The van der Waals surface area contributed by atoms with Crippen LogP contribution >= 0.6 is 0 Å². The Labute approximate surface area is 917 Å². The largest absolute Gasteiger partial charge is 0.393 e. The third kappa shape index (κ3) is 60.3. The molecule has 21 unspecified atom stereocenters. The van der Waals surface area contributed by atoms with E-state index in [1.54, 1.807) is 46.8 Å². The van der Waals surface area contributed by atoms with Gasteiger partial charge in [-0.2, -0.15) is 0 Å². The Morgan fingerprint density at radius 3 is 0.913 bits per heavy atom. The number of likely N-dealkylation sites (N-methyl/N-ethyl adjacent to an activating group) is 1. The van der Waals surface area contributed by atoms with Gasteiger partial charge >= 0.3 is 36.2 Å². The molecule has 2 heterocycles. The van der Waals surface area contributed by atoms with Crippen molar-refractivity contribution in [1.29, 1.82) is 0 Å². The van der Waals surface area contributed by atoms with Crippen molar-refractivity contribution < 1.29 is 62.6 Å². The average Bonchev–Trinajstić information content (AvgIpc) is 1.24. The number of rotatable bonds is 27. The number of aliphatic hydroxyl groups is 1. The number of carbonyl (C=O) groups excluding carboxylic acids is 10. The number of amides is 14. The first kappa shape index (κ1) is 138. The molecule has 21 atom stereocenters. The van der Waals surface area contributed by atoms with Gasteiger partial charge in [-0.05, 0) is 299 Å². The number of nitrogens with one attached hydrogen (secondary N) is 11. The summed E-state index contributed by atoms with van der Waals surface area (Å²) in [6.45, 7) is 61.7. The molecule has 2 aliphatic heterocycles. The lowest BCUT2D eigenvalue weighted by Gasteiger charge is -2.36. The van der Waals surface area contributed by atoms with Crippen molar-refractivity contribution in [2.24, 2.45) is 130 Å². The van der Waals surface area contributed by atoms with Gasteiger partial charge in [0.15, 0.2) is 0 Å². The molecule has 0 aromatic heterocycles. The number of urea groups is 6. The first-order chi connectivity index (χ1) is 70.9. The molecule has 12 N–H and O–H groups in total. The molecule has 14 amide bonds. The zero-order valence-electron chi connectivity index (χ0n) is 102. The number of hydroxylamine groups is 1. The van der Waals surface area contributed by atoms with Crippen LogP contribution in [0.2, 0.25) is 0 Å². The molecule has 150 heavy (non-hydrogen) atoms. The molecule has 0 aromatic rings. The number of ketones is 2. The molecule has 2 saturated heterocycles. The number of carbonyl (C=O) groups is 10. The highest BCUT2D eigenvalue weighted by atomic mass is 16.6. The molecule has 10 aliphatic carbocycles. The maximum Gasteiger partial charge on any atom is 0.338 e. The summed E-state index contributed by atoms with van der Waals surface area (Å²) in [5, 5.41) is 39.1. The maximum absolute atomic E-state index is 12.2. The van der Waals surface area contributed by atoms with Crippen molar-refractivity contribution in [2.45, 2.75) is 497 Å². The third-order valence-electron chi connectivity index (χ3n) is 35.3. The van der Waals surface area contributed by atoms with Crippen LogP contribution in [0.3, 0.4) is 0 Å². The van der Waals surface area contributed by atoms with Crippen LogP contribution in [-0.4, -0.2) is 233 Å². The van der Waals surface area contributed by atoms with Crippen molar-refractivity contribution in [2.75, 3.05) is 94.3 Å². The summed E-state index contributed by atoms with van der Waals surface area (Å²) in [5.74, 6) is 17.8. The van der Waals surface area contributed by atoms with E-state index >= 15 is 0 Å². The fourth-order valence-electron chi connectivity index (χ4n) is 24.8. The summed E-state index contributed by atoms with van der Waals surface area (Å²) in [6.07, 6.45) is 48.6. The normalized spacial score (nSPS) is 28.1. The van der Waals surface area contributed by atoms with Gasteiger partial charge in [0, 0.05) is 141 Å². The first-order valence-electron chi connectivity index (χ1n) is 61.2. The van der Waals surface area contributed by atoms with E-state index in [1.165, 1.54) is 161 Å². The quantitative estimate of drug-likeness (QED) is 0.0340. The van der Waals surface area contributed by atoms with Crippen molar-refractivity contribution in [3.63, 3.8) is 0 Å². The molecule has 12 fully saturated rings. The Morgan fingerprint density at radius 1 is 0.347 bits per heavy atom. The van der Waals surface area contributed by atoms with Crippen LogP contribution < -0.4 is 58.6 Å². The molecule has 28 nitrogen and oxygen atoms in total. The van der Waals surface area contributed by atoms with Gasteiger partial charge in [0.2, 0.25) is 11.8 Å². The molecule has 0 aromatic carbocycles. The predicted molar refractivity (Wildman–Crippen MR) is 619 cm³/mol. The van der Waals surface area contributed by atoms with Gasteiger partial charge < -0.3 is 87.4 Å². The van der Waals surface area contributed by atoms with E-state index < -0.39 is 6.10 Å². The predicted octanol–water partition coefficient (Wildman–Crippen LogP) is 24.5. The second kappa shape index (κ2) is 77.2. The van der Waals surface area contributed by atoms with Crippen molar-refractivity contribution in [3.05, 3.63) is 0 Å². The van der Waals surface area contributed by atoms with Crippen LogP contribution in [0.1, 0.15) is 443 Å². The highest BCUT2D eigenvalue weighted by Gasteiger charge is 2.36. The van der Waals surface area contributed by atoms with E-state index in [9.17, 15) is 47.9 Å². The Hall–Kier alpha value is -6.26. The smallest absolute Gasteiger partial charge is 0.338 e. The van der Waals surface area contributed by atoms with Gasteiger partial charge in [0.05, 0.1) is 32.8 Å². The van der Waals surface area contributed by atoms with Crippen LogP contribution in [0.15, 0.2) is 0 Å². The second-order valence-corrected chi connectivity index (χ2v) is 51.3. The standard InChI is InChI=1S/C15H29N3O.C14H26N2O2.C13H25NO2.2C12H24N2O.C12H22O.C11H22N2O2.C11H22N2O.C11H21NO.C11H20O/c1-12(2)13-5-4-6-14(11-13)16-15(19)18-9-7-17(3)8-10-18;1-11(2)12-4-3-5-13(10-12)15-14(17)16-6-8-18-9-7-16;1-9(2)11-5-4-6-12(8-11)14-13(16)7-10(3)15;1-9(2)10-6-5-7-11(8-10)13-12(15)14(3)4;1-4-13-12(15)14-11-7-5-6-10(8-11)9(2)3;1-4-12(13)8-10-5-6-11(7-10)9(2)3;1-8(2)9-5-4-6-10(7-9)12-11(14)13-15-3;1-8(2)9-5-4-6-10(7-9)13-11(14)12-3;1-8(2)10-5-4-6-11(7-10)12-9(3)13;1-8(2)11-5-4-10(7-11)6-9(3)12/h12-14H,4-11H2,1-3H3,(H,16,19);11-13H,3-10H2,1-2H3,(H,15,17);9-12,15H,4-8H2,1-3H3,(H,14,16);9-11H,5-8H2,1-4H3,(H,13,15);9-11H,4-8H2,1-3H3,(H2,13,14,15);9-11H,4-8H2,1-3H3;8-10H,4-7H2,1-3H3,(H2,12,13,14);8-10H,4-7H2,1-3H3,(H2,12,13,14);8,10-11H,4-7H2,1-3H3,(H,12,13);8,10-11H,4-7H2,1-3H3. The fourth-order valence-corrected chi connectivity index (χ4v) is 24.8. The Bertz CT molecular complexity index is 3600. The monoisotopic (exact) mass is 2120 g/mol. The lowest BCUT2D eigenvalue weighted by atomic mass is 9.79. The minimum absolute atomic E-state index is 0.00749. The fraction of sp³-hybridized carbons (Fsp3) is 0.918. The Kier molecular flexibility index (Phi) is 71.0. The Morgan fingerprint density at radius 2 is 0.633 bits per heavy atom. The van der Waals surface area contributed by atoms with Gasteiger partial charge in [-0.25, -0.2) is 34.2 Å². The number of morpholine rings is 1. The molecule has 12 aliphatic rings. The van der Waals surface area contributed by atoms with Crippen LogP contribution in [0.4, 0.5) is 28.8 Å². The zero-order valence-corrected chi connectivity index (χ0v) is 102. The third-order valence-corrected chi connectivity index (χ3v) is 35.3. The molecule has 12 rings (SSSR count). The topological polar surface area (TPSA) is 355 Å². The molecule has 0 radical (unpaired) electrons. The molecule has 10 saturated carbocycles. The number of hydrogen-bond acceptors (Lipinski definition) is 14. The lowest BCUT2D eigenvalue weighted by molar-refractivity contribution is -0.124. The Balaban J connectivity index is 0.000000429. The summed E-state index contributed by atoms with van der Waals surface area (Å²) in [6, 6.07) is 3.04. The zero-order chi connectivity index (χ0) is 112. The number of piperazine rings is 1. The molecule has 0 bridgehead atoms. The maximum atomic E-state index is 12.2. The van der Waals surface area contributed by atoms with Crippen molar-refractivity contribution in [1.82, 2.24) is 78.2 Å². The summed E-state index contributed by atoms with van der Waals surface area (Å²) < 4.78 is 5.27.